The van der Waals surface area contributed by atoms with Crippen molar-refractivity contribution >= 4 is 17.5 Å². The molecule has 0 aliphatic rings. The van der Waals surface area contributed by atoms with Crippen molar-refractivity contribution in [2.45, 2.75) is 0 Å². The first kappa shape index (κ1) is 11.1. The van der Waals surface area contributed by atoms with E-state index in [1.54, 1.807) is 6.08 Å². The van der Waals surface area contributed by atoms with Crippen molar-refractivity contribution in [2.24, 2.45) is 10.3 Å². The summed E-state index contributed by atoms with van der Waals surface area (Å²) in [7, 11) is 0. The molecule has 2 rings (SSSR count). The Bertz CT molecular complexity index is 501. The van der Waals surface area contributed by atoms with E-state index in [4.69, 9.17) is 0 Å². The monoisotopic (exact) mass is 223 g/mol. The summed E-state index contributed by atoms with van der Waals surface area (Å²) in [5.74, 6) is 0. The molecule has 3 nitrogen and oxygen atoms in total. The van der Waals surface area contributed by atoms with Crippen LogP contribution in [0.15, 0.2) is 71.5 Å². The zero-order valence-corrected chi connectivity index (χ0v) is 9.38. The molecule has 0 atom stereocenters. The van der Waals surface area contributed by atoms with Gasteiger partial charge in [-0.25, -0.2) is 0 Å². The summed E-state index contributed by atoms with van der Waals surface area (Å²) in [5, 5.41) is 7.97. The number of hydrogen-bond acceptors (Lipinski definition) is 2. The van der Waals surface area contributed by atoms with E-state index in [-0.39, 0.29) is 0 Å². The highest BCUT2D eigenvalue weighted by Crippen LogP contribution is 2.14. The van der Waals surface area contributed by atoms with Crippen molar-refractivity contribution in [1.82, 2.24) is 0 Å². The van der Waals surface area contributed by atoms with Crippen LogP contribution in [0.4, 0.5) is 11.4 Å². The third kappa shape index (κ3) is 3.28. The fourth-order valence-corrected chi connectivity index (χ4v) is 1.33. The number of para-hydroxylation sites is 1. The molecule has 0 radical (unpaired) electrons. The Morgan fingerprint density at radius 1 is 0.941 bits per heavy atom. The number of hydrogen-bond donors (Lipinski definition) is 1. The van der Waals surface area contributed by atoms with Gasteiger partial charge >= 0.3 is 0 Å². The predicted octanol–water partition coefficient (Wildman–Crippen LogP) is 4.44. The van der Waals surface area contributed by atoms with Crippen LogP contribution < -0.4 is 5.43 Å². The van der Waals surface area contributed by atoms with Gasteiger partial charge in [-0.2, -0.15) is 0 Å². The normalized spacial score (nSPS) is 10.4. The molecule has 0 bridgehead atoms. The molecule has 0 unspecified atom stereocenters. The number of anilines is 1. The summed E-state index contributed by atoms with van der Waals surface area (Å²) in [6.45, 7) is 3.70. The van der Waals surface area contributed by atoms with E-state index in [0.29, 0.717) is 0 Å². The van der Waals surface area contributed by atoms with Crippen LogP contribution in [0.1, 0.15) is 5.56 Å². The van der Waals surface area contributed by atoms with Gasteiger partial charge in [0.15, 0.2) is 0 Å². The minimum absolute atomic E-state index is 0.805. The zero-order valence-electron chi connectivity index (χ0n) is 9.38. The molecule has 17 heavy (non-hydrogen) atoms. The molecule has 0 fully saturated rings. The lowest BCUT2D eigenvalue weighted by Crippen LogP contribution is -1.84. The highest BCUT2D eigenvalue weighted by atomic mass is 15.4. The summed E-state index contributed by atoms with van der Waals surface area (Å²) < 4.78 is 0. The Labute approximate surface area is 100 Å². The molecule has 0 aliphatic heterocycles. The fourth-order valence-electron chi connectivity index (χ4n) is 1.33. The predicted molar refractivity (Wildman–Crippen MR) is 71.1 cm³/mol. The summed E-state index contributed by atoms with van der Waals surface area (Å²) in [4.78, 5) is 0. The smallest absolute Gasteiger partial charge is 0.0874 e. The van der Waals surface area contributed by atoms with Gasteiger partial charge in [0.05, 0.1) is 11.4 Å². The van der Waals surface area contributed by atoms with Crippen LogP contribution in [-0.2, 0) is 0 Å². The number of nitrogens with zero attached hydrogens (tertiary/aromatic N) is 2. The first-order valence-electron chi connectivity index (χ1n) is 5.33. The van der Waals surface area contributed by atoms with Crippen molar-refractivity contribution < 1.29 is 0 Å². The van der Waals surface area contributed by atoms with Gasteiger partial charge in [0, 0.05) is 0 Å². The van der Waals surface area contributed by atoms with E-state index < -0.39 is 0 Å². The Balaban J connectivity index is 1.98. The maximum atomic E-state index is 4.06. The van der Waals surface area contributed by atoms with Crippen molar-refractivity contribution in [3.05, 3.63) is 66.7 Å². The lowest BCUT2D eigenvalue weighted by Gasteiger charge is -1.97. The van der Waals surface area contributed by atoms with Gasteiger partial charge in [0.25, 0.3) is 0 Å². The van der Waals surface area contributed by atoms with Crippen LogP contribution >= 0.6 is 0 Å². The van der Waals surface area contributed by atoms with E-state index in [9.17, 15) is 0 Å². The Morgan fingerprint density at radius 2 is 1.65 bits per heavy atom. The minimum Gasteiger partial charge on any atom is -0.260 e. The largest absolute Gasteiger partial charge is 0.260 e. The summed E-state index contributed by atoms with van der Waals surface area (Å²) in [6.07, 6.45) is 1.79. The van der Waals surface area contributed by atoms with E-state index in [1.165, 1.54) is 0 Å². The van der Waals surface area contributed by atoms with Crippen LogP contribution in [-0.4, -0.2) is 0 Å². The van der Waals surface area contributed by atoms with Crippen molar-refractivity contribution in [2.75, 3.05) is 5.43 Å². The molecule has 2 aromatic carbocycles. The van der Waals surface area contributed by atoms with E-state index in [1.807, 2.05) is 54.6 Å². The second-order valence-electron chi connectivity index (χ2n) is 3.47. The van der Waals surface area contributed by atoms with Crippen molar-refractivity contribution in [1.29, 1.82) is 0 Å². The second kappa shape index (κ2) is 5.61. The molecule has 0 aromatic heterocycles. The van der Waals surface area contributed by atoms with E-state index in [2.05, 4.69) is 22.3 Å². The van der Waals surface area contributed by atoms with Gasteiger partial charge in [-0.15, -0.1) is 5.11 Å². The first-order chi connectivity index (χ1) is 8.38. The third-order valence-electron chi connectivity index (χ3n) is 2.25. The van der Waals surface area contributed by atoms with Crippen LogP contribution in [0.2, 0.25) is 0 Å². The average molecular weight is 223 g/mol. The first-order valence-corrected chi connectivity index (χ1v) is 5.33. The van der Waals surface area contributed by atoms with Gasteiger partial charge in [0.2, 0.25) is 0 Å². The molecule has 2 aromatic rings. The maximum absolute atomic E-state index is 4.06. The van der Waals surface area contributed by atoms with Crippen molar-refractivity contribution in [3.63, 3.8) is 0 Å². The lowest BCUT2D eigenvalue weighted by atomic mass is 10.2. The average Bonchev–Trinajstić information content (AvgIpc) is 2.41. The molecule has 0 spiro atoms. The molecule has 84 valence electrons. The van der Waals surface area contributed by atoms with Crippen LogP contribution in [0, 0.1) is 0 Å². The quantitative estimate of drug-likeness (QED) is 0.603. The highest BCUT2D eigenvalue weighted by Gasteiger charge is 1.89. The van der Waals surface area contributed by atoms with Crippen molar-refractivity contribution in [3.8, 4) is 0 Å². The van der Waals surface area contributed by atoms with Crippen LogP contribution in [0.25, 0.3) is 6.08 Å². The van der Waals surface area contributed by atoms with E-state index >= 15 is 0 Å². The van der Waals surface area contributed by atoms with Gasteiger partial charge in [-0.05, 0) is 29.8 Å². The number of rotatable bonds is 4. The summed E-state index contributed by atoms with van der Waals surface area (Å²) in [6, 6.07) is 17.4. The van der Waals surface area contributed by atoms with Gasteiger partial charge in [-0.1, -0.05) is 48.2 Å². The molecule has 0 saturated heterocycles. The molecular weight excluding hydrogens is 210 g/mol. The summed E-state index contributed by atoms with van der Waals surface area (Å²) in [5.41, 5.74) is 5.65. The minimum atomic E-state index is 0.805. The zero-order chi connectivity index (χ0) is 11.9. The number of nitrogens with one attached hydrogen (secondary N) is 1. The summed E-state index contributed by atoms with van der Waals surface area (Å²) >= 11 is 0. The molecule has 1 N–H and O–H groups in total. The molecule has 0 saturated carbocycles. The molecule has 3 heteroatoms. The molecule has 0 amide bonds. The molecule has 0 aliphatic carbocycles. The standard InChI is InChI=1S/C14H13N3/c1-2-12-8-10-14(11-9-12)16-17-15-13-6-4-3-5-7-13/h2-11H,1H2,(H,15,16). The molecular formula is C14H13N3. The third-order valence-corrected chi connectivity index (χ3v) is 2.25. The van der Waals surface area contributed by atoms with E-state index in [0.717, 1.165) is 16.9 Å². The second-order valence-corrected chi connectivity index (χ2v) is 3.47. The highest BCUT2D eigenvalue weighted by molar-refractivity contribution is 5.51. The Hall–Kier alpha value is -2.42. The topological polar surface area (TPSA) is 36.8 Å². The van der Waals surface area contributed by atoms with Crippen LogP contribution in [0.5, 0.6) is 0 Å². The lowest BCUT2D eigenvalue weighted by molar-refractivity contribution is 1.13. The van der Waals surface area contributed by atoms with Crippen LogP contribution in [0.3, 0.4) is 0 Å². The number of benzene rings is 2. The van der Waals surface area contributed by atoms with Gasteiger partial charge in [-0.3, -0.25) is 5.43 Å². The Morgan fingerprint density at radius 3 is 2.29 bits per heavy atom. The Kier molecular flexibility index (Phi) is 3.65. The SMILES string of the molecule is C=Cc1ccc(N=NNc2ccccc2)cc1. The van der Waals surface area contributed by atoms with Gasteiger partial charge in [0.1, 0.15) is 0 Å². The van der Waals surface area contributed by atoms with Gasteiger partial charge < -0.3 is 0 Å². The maximum Gasteiger partial charge on any atom is 0.0874 e. The fraction of sp³-hybridized carbons (Fsp3) is 0. The molecule has 0 heterocycles.